The average Bonchev–Trinajstić information content (AvgIpc) is 3.46. The van der Waals surface area contributed by atoms with E-state index in [1.54, 1.807) is 0 Å². The molecule has 0 aliphatic carbocycles. The Balaban J connectivity index is 1.48. The maximum Gasteiger partial charge on any atom is 0.0991 e. The summed E-state index contributed by atoms with van der Waals surface area (Å²) in [7, 11) is 0. The predicted molar refractivity (Wildman–Crippen MR) is 183 cm³/mol. The fourth-order valence-electron chi connectivity index (χ4n) is 6.81. The van der Waals surface area contributed by atoms with Crippen molar-refractivity contribution in [2.45, 2.75) is 0 Å². The van der Waals surface area contributed by atoms with Gasteiger partial charge >= 0.3 is 0 Å². The maximum atomic E-state index is 9.42. The Morgan fingerprint density at radius 3 is 1.72 bits per heavy atom. The zero-order valence-corrected chi connectivity index (χ0v) is 23.8. The van der Waals surface area contributed by atoms with Crippen LogP contribution in [0.3, 0.4) is 0 Å². The number of thiophene rings is 1. The molecule has 0 fully saturated rings. The summed E-state index contributed by atoms with van der Waals surface area (Å²) in [5, 5.41) is 20.3. The van der Waals surface area contributed by atoms with Gasteiger partial charge in [-0.1, -0.05) is 109 Å². The number of hydrogen-bond donors (Lipinski definition) is 0. The minimum Gasteiger partial charge on any atom is -0.247 e. The molecule has 0 amide bonds. The molecule has 2 aromatic heterocycles. The molecule has 0 aliphatic rings. The Morgan fingerprint density at radius 2 is 1.05 bits per heavy atom. The molecule has 2 heterocycles. The highest BCUT2D eigenvalue weighted by molar-refractivity contribution is 7.26. The Bertz CT molecular complexity index is 2560. The third-order valence-corrected chi connectivity index (χ3v) is 9.88. The molecule has 0 bridgehead atoms. The van der Waals surface area contributed by atoms with Gasteiger partial charge in [-0.25, -0.2) is 4.98 Å². The largest absolute Gasteiger partial charge is 0.247 e. The zero-order chi connectivity index (χ0) is 28.5. The average molecular weight is 563 g/mol. The first-order valence-electron chi connectivity index (χ1n) is 14.4. The van der Waals surface area contributed by atoms with Crippen molar-refractivity contribution >= 4 is 74.7 Å². The van der Waals surface area contributed by atoms with E-state index in [9.17, 15) is 5.26 Å². The van der Waals surface area contributed by atoms with Crippen LogP contribution in [0.1, 0.15) is 5.56 Å². The lowest BCUT2D eigenvalue weighted by Gasteiger charge is -2.19. The van der Waals surface area contributed by atoms with Gasteiger partial charge < -0.3 is 0 Å². The van der Waals surface area contributed by atoms with E-state index in [2.05, 4.69) is 127 Å². The lowest BCUT2D eigenvalue weighted by atomic mass is 9.86. The highest BCUT2D eigenvalue weighted by Crippen LogP contribution is 2.48. The Morgan fingerprint density at radius 1 is 0.488 bits per heavy atom. The van der Waals surface area contributed by atoms with E-state index in [-0.39, 0.29) is 0 Å². The van der Waals surface area contributed by atoms with Gasteiger partial charge in [0, 0.05) is 41.9 Å². The van der Waals surface area contributed by atoms with Gasteiger partial charge in [0.1, 0.15) is 0 Å². The lowest BCUT2D eigenvalue weighted by molar-refractivity contribution is 1.45. The molecule has 0 aliphatic heterocycles. The van der Waals surface area contributed by atoms with Gasteiger partial charge in [0.15, 0.2) is 0 Å². The summed E-state index contributed by atoms with van der Waals surface area (Å²) in [4.78, 5) is 5.43. The van der Waals surface area contributed by atoms with Crippen molar-refractivity contribution in [3.05, 3.63) is 139 Å². The van der Waals surface area contributed by atoms with Crippen LogP contribution in [0, 0.1) is 11.3 Å². The minimum atomic E-state index is 0.661. The van der Waals surface area contributed by atoms with Crippen molar-refractivity contribution in [2.24, 2.45) is 0 Å². The summed E-state index contributed by atoms with van der Waals surface area (Å²) < 4.78 is 2.61. The number of nitriles is 1. The molecule has 198 valence electrons. The highest BCUT2D eigenvalue weighted by atomic mass is 32.1. The molecule has 0 saturated carbocycles. The first-order chi connectivity index (χ1) is 21.3. The van der Waals surface area contributed by atoms with E-state index in [4.69, 9.17) is 4.98 Å². The molecule has 43 heavy (non-hydrogen) atoms. The van der Waals surface area contributed by atoms with E-state index in [1.807, 2.05) is 23.5 Å². The quantitative estimate of drug-likeness (QED) is 0.155. The van der Waals surface area contributed by atoms with Crippen molar-refractivity contribution in [2.75, 3.05) is 0 Å². The van der Waals surface area contributed by atoms with Gasteiger partial charge in [-0.3, -0.25) is 0 Å². The maximum absolute atomic E-state index is 9.42. The second kappa shape index (κ2) is 9.22. The second-order valence-corrected chi connectivity index (χ2v) is 12.0. The van der Waals surface area contributed by atoms with Crippen LogP contribution in [-0.2, 0) is 0 Å². The van der Waals surface area contributed by atoms with Crippen molar-refractivity contribution in [1.82, 2.24) is 4.98 Å². The van der Waals surface area contributed by atoms with E-state index in [1.165, 1.54) is 63.4 Å². The molecular formula is C40H22N2S. The lowest BCUT2D eigenvalue weighted by Crippen LogP contribution is -1.95. The molecule has 2 nitrogen and oxygen atoms in total. The number of rotatable bonds is 2. The third-order valence-electron chi connectivity index (χ3n) is 8.68. The van der Waals surface area contributed by atoms with Gasteiger partial charge in [0.05, 0.1) is 22.8 Å². The normalized spacial score (nSPS) is 11.7. The number of aromatic nitrogens is 1. The first-order valence-corrected chi connectivity index (χ1v) is 15.2. The zero-order valence-electron chi connectivity index (χ0n) is 23.0. The molecule has 9 aromatic rings. The van der Waals surface area contributed by atoms with Gasteiger partial charge in [0.25, 0.3) is 0 Å². The Labute approximate surface area is 251 Å². The molecule has 0 radical (unpaired) electrons. The summed E-state index contributed by atoms with van der Waals surface area (Å²) in [5.41, 5.74) is 6.09. The monoisotopic (exact) mass is 562 g/mol. The molecule has 0 N–H and O–H groups in total. The number of para-hydroxylation sites is 1. The van der Waals surface area contributed by atoms with Crippen LogP contribution in [0.4, 0.5) is 0 Å². The first kappa shape index (κ1) is 24.1. The number of nitrogens with zero attached hydrogens (tertiary/aromatic N) is 2. The molecule has 0 unspecified atom stereocenters. The minimum absolute atomic E-state index is 0.661. The summed E-state index contributed by atoms with van der Waals surface area (Å²) >= 11 is 1.87. The summed E-state index contributed by atoms with van der Waals surface area (Å²) in [5.74, 6) is 0. The molecule has 9 rings (SSSR count). The predicted octanol–water partition coefficient (Wildman–Crippen LogP) is 11.3. The third kappa shape index (κ3) is 3.48. The fraction of sp³-hybridized carbons (Fsp3) is 0. The summed E-state index contributed by atoms with van der Waals surface area (Å²) in [6, 6.07) is 49.4. The van der Waals surface area contributed by atoms with Crippen molar-refractivity contribution in [3.63, 3.8) is 0 Å². The van der Waals surface area contributed by atoms with Crippen LogP contribution in [0.2, 0.25) is 0 Å². The van der Waals surface area contributed by atoms with Crippen LogP contribution in [0.15, 0.2) is 133 Å². The van der Waals surface area contributed by atoms with Gasteiger partial charge in [-0.15, -0.1) is 11.3 Å². The number of benzene rings is 7. The molecule has 7 aromatic carbocycles. The van der Waals surface area contributed by atoms with Gasteiger partial charge in [-0.05, 0) is 56.9 Å². The van der Waals surface area contributed by atoms with E-state index in [0.29, 0.717) is 5.56 Å². The van der Waals surface area contributed by atoms with Crippen LogP contribution in [-0.4, -0.2) is 4.98 Å². The van der Waals surface area contributed by atoms with Gasteiger partial charge in [-0.2, -0.15) is 5.26 Å². The van der Waals surface area contributed by atoms with E-state index in [0.717, 1.165) is 22.3 Å². The van der Waals surface area contributed by atoms with Crippen molar-refractivity contribution < 1.29 is 0 Å². The molecular weight excluding hydrogens is 541 g/mol. The molecule has 0 saturated heterocycles. The standard InChI is InChI=1S/C40H22N2S/c41-23-24-17-19-25(20-18-24)36-27-10-1-3-12-29(27)37(30-13-4-2-11-28(30)36)39-33-22-21-31-26-9-6-8-16-35(26)43-40(31)38(33)32-14-5-7-15-34(32)42-39/h1-22H. The summed E-state index contributed by atoms with van der Waals surface area (Å²) in [6.45, 7) is 0. The second-order valence-electron chi connectivity index (χ2n) is 11.0. The molecule has 3 heteroatoms. The van der Waals surface area contributed by atoms with Crippen LogP contribution in [0.25, 0.3) is 85.8 Å². The van der Waals surface area contributed by atoms with E-state index >= 15 is 0 Å². The smallest absolute Gasteiger partial charge is 0.0991 e. The van der Waals surface area contributed by atoms with Gasteiger partial charge in [0.2, 0.25) is 0 Å². The Kier molecular flexibility index (Phi) is 5.17. The molecule has 0 spiro atoms. The SMILES string of the molecule is N#Cc1ccc(-c2c3ccccc3c(-c3nc4ccccc4c4c3ccc3c5ccccc5sc34)c3ccccc23)cc1. The number of pyridine rings is 1. The summed E-state index contributed by atoms with van der Waals surface area (Å²) in [6.07, 6.45) is 0. The Hall–Kier alpha value is -5.56. The van der Waals surface area contributed by atoms with Crippen LogP contribution in [0.5, 0.6) is 0 Å². The van der Waals surface area contributed by atoms with Crippen molar-refractivity contribution in [3.8, 4) is 28.5 Å². The highest BCUT2D eigenvalue weighted by Gasteiger charge is 2.21. The fourth-order valence-corrected chi connectivity index (χ4v) is 8.08. The number of fused-ring (bicyclic) bond motifs is 9. The molecule has 0 atom stereocenters. The van der Waals surface area contributed by atoms with Crippen LogP contribution < -0.4 is 0 Å². The van der Waals surface area contributed by atoms with Crippen molar-refractivity contribution in [1.29, 1.82) is 5.26 Å². The number of hydrogen-bond acceptors (Lipinski definition) is 3. The topological polar surface area (TPSA) is 36.7 Å². The van der Waals surface area contributed by atoms with E-state index < -0.39 is 0 Å². The van der Waals surface area contributed by atoms with Crippen LogP contribution >= 0.6 is 11.3 Å².